The van der Waals surface area contributed by atoms with Gasteiger partial charge in [-0.25, -0.2) is 14.4 Å². The Morgan fingerprint density at radius 3 is 2.58 bits per heavy atom. The van der Waals surface area contributed by atoms with Crippen molar-refractivity contribution in [1.29, 1.82) is 0 Å². The molecular weight excluding hydrogens is 511 g/mol. The monoisotopic (exact) mass is 536 g/mol. The minimum Gasteiger partial charge on any atom is -0.377 e. The molecule has 12 heteroatoms. The van der Waals surface area contributed by atoms with Gasteiger partial charge < -0.3 is 16.0 Å². The van der Waals surface area contributed by atoms with E-state index in [2.05, 4.69) is 26.4 Å². The van der Waals surface area contributed by atoms with Crippen molar-refractivity contribution in [2.45, 2.75) is 18.9 Å². The molecular formula is C26H26ClFN8O2. The highest BCUT2D eigenvalue weighted by molar-refractivity contribution is 6.29. The number of carbonyl (C=O) groups excluding carboxylic acids is 1. The largest absolute Gasteiger partial charge is 0.377 e. The van der Waals surface area contributed by atoms with Gasteiger partial charge in [0.15, 0.2) is 5.69 Å². The van der Waals surface area contributed by atoms with Crippen LogP contribution in [0.1, 0.15) is 40.6 Å². The van der Waals surface area contributed by atoms with Crippen LogP contribution in [0.4, 0.5) is 16.0 Å². The van der Waals surface area contributed by atoms with E-state index in [0.717, 1.165) is 18.8 Å². The number of hydrogen-bond donors (Lipinski definition) is 2. The number of piperidine rings is 1. The molecule has 6 rings (SSSR count). The molecule has 196 valence electrons. The molecule has 2 aliphatic rings. The minimum absolute atomic E-state index is 0.0339. The van der Waals surface area contributed by atoms with Crippen LogP contribution in [0, 0.1) is 17.7 Å². The maximum atomic E-state index is 14.7. The number of nitrogens with two attached hydrogens (primary N) is 1. The van der Waals surface area contributed by atoms with Crippen LogP contribution in [-0.4, -0.2) is 43.3 Å². The van der Waals surface area contributed by atoms with Crippen molar-refractivity contribution >= 4 is 40.0 Å². The predicted molar refractivity (Wildman–Crippen MR) is 142 cm³/mol. The van der Waals surface area contributed by atoms with Crippen molar-refractivity contribution in [2.75, 3.05) is 23.3 Å². The van der Waals surface area contributed by atoms with E-state index in [9.17, 15) is 14.0 Å². The number of amides is 1. The molecule has 38 heavy (non-hydrogen) atoms. The Morgan fingerprint density at radius 2 is 1.92 bits per heavy atom. The van der Waals surface area contributed by atoms with Gasteiger partial charge in [-0.15, -0.1) is 0 Å². The first kappa shape index (κ1) is 24.4. The molecule has 2 fully saturated rings. The Hall–Kier alpha value is -3.99. The van der Waals surface area contributed by atoms with Crippen LogP contribution in [0.3, 0.4) is 0 Å². The number of fused-ring (bicyclic) bond motifs is 2. The van der Waals surface area contributed by atoms with Crippen LogP contribution in [0.2, 0.25) is 5.15 Å². The molecule has 1 amide bonds. The third kappa shape index (κ3) is 3.97. The lowest BCUT2D eigenvalue weighted by Gasteiger charge is -2.24. The number of anilines is 2. The molecule has 0 radical (unpaired) electrons. The number of nitrogens with one attached hydrogen (secondary N) is 1. The Morgan fingerprint density at radius 1 is 1.18 bits per heavy atom. The number of carbonyl (C=O) groups is 1. The summed E-state index contributed by atoms with van der Waals surface area (Å²) in [5.41, 5.74) is 7.43. The lowest BCUT2D eigenvalue weighted by molar-refractivity contribution is 0.0996. The standard InChI is InChI=1S/C26H26ClFN8O2/c1-12(30-19-4-5-20(27)31-23(19)24(29)37)14-8-13(28)9-15-22(14)32-26(35(3)25(15)38)36-10-16-17(11-36)21(16)18-6-7-34(2)33-18/h4-9,12,16-17,21,30H,10-11H2,1-3H3,(H2,29,37). The first-order valence-corrected chi connectivity index (χ1v) is 12.7. The second-order valence-corrected chi connectivity index (χ2v) is 10.5. The Kier molecular flexibility index (Phi) is 5.64. The summed E-state index contributed by atoms with van der Waals surface area (Å²) in [5.74, 6) is 0.563. The van der Waals surface area contributed by atoms with Gasteiger partial charge in [-0.2, -0.15) is 5.10 Å². The SMILES string of the molecule is CC(Nc1ccc(Cl)nc1C(N)=O)c1cc(F)cc2c(=O)n(C)c(N3CC4C(C3)C4c3ccn(C)n3)nc12. The zero-order valence-electron chi connectivity index (χ0n) is 21.0. The first-order chi connectivity index (χ1) is 18.1. The highest BCUT2D eigenvalue weighted by Gasteiger charge is 2.57. The summed E-state index contributed by atoms with van der Waals surface area (Å²) in [6.45, 7) is 3.32. The van der Waals surface area contributed by atoms with Crippen LogP contribution in [0.15, 0.2) is 41.3 Å². The summed E-state index contributed by atoms with van der Waals surface area (Å²) in [6, 6.07) is 7.19. The second kappa shape index (κ2) is 8.80. The summed E-state index contributed by atoms with van der Waals surface area (Å²) >= 11 is 5.93. The Balaban J connectivity index is 1.35. The summed E-state index contributed by atoms with van der Waals surface area (Å²) in [4.78, 5) is 36.3. The number of aryl methyl sites for hydroxylation is 1. The van der Waals surface area contributed by atoms with Gasteiger partial charge in [0.25, 0.3) is 11.5 Å². The van der Waals surface area contributed by atoms with Crippen molar-refractivity contribution in [3.63, 3.8) is 0 Å². The van der Waals surface area contributed by atoms with E-state index in [1.165, 1.54) is 22.8 Å². The zero-order chi connectivity index (χ0) is 26.9. The number of primary amides is 1. The van der Waals surface area contributed by atoms with Crippen LogP contribution in [0.25, 0.3) is 10.9 Å². The number of pyridine rings is 1. The van der Waals surface area contributed by atoms with Gasteiger partial charge in [-0.05, 0) is 49.1 Å². The predicted octanol–water partition coefficient (Wildman–Crippen LogP) is 2.98. The number of aromatic nitrogens is 5. The quantitative estimate of drug-likeness (QED) is 0.363. The van der Waals surface area contributed by atoms with E-state index in [1.54, 1.807) is 20.0 Å². The fraction of sp³-hybridized carbons (Fsp3) is 0.346. The van der Waals surface area contributed by atoms with Crippen LogP contribution >= 0.6 is 11.6 Å². The summed E-state index contributed by atoms with van der Waals surface area (Å²) in [5, 5.41) is 8.03. The molecule has 1 saturated heterocycles. The number of benzene rings is 1. The van der Waals surface area contributed by atoms with E-state index in [4.69, 9.17) is 22.3 Å². The fourth-order valence-corrected chi connectivity index (χ4v) is 5.90. The molecule has 0 bridgehead atoms. The lowest BCUT2D eigenvalue weighted by atomic mass is 10.0. The van der Waals surface area contributed by atoms with Gasteiger partial charge in [0, 0.05) is 44.9 Å². The summed E-state index contributed by atoms with van der Waals surface area (Å²) < 4.78 is 18.0. The molecule has 1 saturated carbocycles. The van der Waals surface area contributed by atoms with Crippen molar-refractivity contribution in [1.82, 2.24) is 24.3 Å². The van der Waals surface area contributed by atoms with Crippen molar-refractivity contribution in [2.24, 2.45) is 31.7 Å². The van der Waals surface area contributed by atoms with E-state index in [-0.39, 0.29) is 21.8 Å². The van der Waals surface area contributed by atoms with E-state index in [0.29, 0.717) is 40.5 Å². The third-order valence-corrected chi connectivity index (χ3v) is 7.85. The number of rotatable bonds is 6. The van der Waals surface area contributed by atoms with E-state index in [1.807, 2.05) is 17.9 Å². The molecule has 3 N–H and O–H groups in total. The molecule has 1 aliphatic heterocycles. The normalized spacial score (nSPS) is 21.0. The zero-order valence-corrected chi connectivity index (χ0v) is 21.8. The molecule has 3 aromatic heterocycles. The van der Waals surface area contributed by atoms with Crippen LogP contribution < -0.4 is 21.5 Å². The molecule has 1 aliphatic carbocycles. The highest BCUT2D eigenvalue weighted by atomic mass is 35.5. The van der Waals surface area contributed by atoms with Gasteiger partial charge in [0.1, 0.15) is 11.0 Å². The van der Waals surface area contributed by atoms with Crippen molar-refractivity contribution < 1.29 is 9.18 Å². The molecule has 0 spiro atoms. The minimum atomic E-state index is -0.753. The van der Waals surface area contributed by atoms with Gasteiger partial charge in [0.05, 0.1) is 28.3 Å². The lowest BCUT2D eigenvalue weighted by Crippen LogP contribution is -2.32. The molecule has 10 nitrogen and oxygen atoms in total. The van der Waals surface area contributed by atoms with Gasteiger partial charge in [-0.3, -0.25) is 18.8 Å². The van der Waals surface area contributed by atoms with Gasteiger partial charge >= 0.3 is 0 Å². The number of halogens is 2. The van der Waals surface area contributed by atoms with E-state index < -0.39 is 17.8 Å². The van der Waals surface area contributed by atoms with Crippen molar-refractivity contribution in [3.8, 4) is 0 Å². The molecule has 4 aromatic rings. The maximum Gasteiger partial charge on any atom is 0.269 e. The average Bonchev–Trinajstić information content (AvgIpc) is 3.17. The summed E-state index contributed by atoms with van der Waals surface area (Å²) in [6.07, 6.45) is 1.96. The summed E-state index contributed by atoms with van der Waals surface area (Å²) in [7, 11) is 3.58. The Bertz CT molecular complexity index is 1660. The number of nitrogens with zero attached hydrogens (tertiary/aromatic N) is 6. The second-order valence-electron chi connectivity index (χ2n) is 10.1. The topological polar surface area (TPSA) is 124 Å². The van der Waals surface area contributed by atoms with E-state index >= 15 is 0 Å². The highest BCUT2D eigenvalue weighted by Crippen LogP contribution is 2.58. The average molecular weight is 537 g/mol. The number of hydrogen-bond acceptors (Lipinski definition) is 7. The van der Waals surface area contributed by atoms with Gasteiger partial charge in [0.2, 0.25) is 5.95 Å². The first-order valence-electron chi connectivity index (χ1n) is 12.3. The Labute approximate surface area is 222 Å². The molecule has 3 atom stereocenters. The maximum absolute atomic E-state index is 14.7. The molecule has 4 heterocycles. The van der Waals surface area contributed by atoms with Crippen LogP contribution in [0.5, 0.6) is 0 Å². The van der Waals surface area contributed by atoms with Crippen molar-refractivity contribution in [3.05, 3.63) is 74.8 Å². The van der Waals surface area contributed by atoms with Gasteiger partial charge in [-0.1, -0.05) is 11.6 Å². The molecule has 1 aromatic carbocycles. The smallest absolute Gasteiger partial charge is 0.269 e. The fourth-order valence-electron chi connectivity index (χ4n) is 5.76. The van der Waals surface area contributed by atoms with Crippen LogP contribution in [-0.2, 0) is 14.1 Å². The molecule has 3 unspecified atom stereocenters. The third-order valence-electron chi connectivity index (χ3n) is 7.64.